The van der Waals surface area contributed by atoms with Crippen LogP contribution in [0.15, 0.2) is 22.7 Å². The van der Waals surface area contributed by atoms with Crippen molar-refractivity contribution in [3.05, 3.63) is 27.7 Å². The van der Waals surface area contributed by atoms with Gasteiger partial charge in [-0.05, 0) is 31.0 Å². The first-order valence-electron chi connectivity index (χ1n) is 6.62. The first-order valence-corrected chi connectivity index (χ1v) is 7.79. The van der Waals surface area contributed by atoms with E-state index in [9.17, 15) is 14.7 Å². The van der Waals surface area contributed by atoms with E-state index in [4.69, 9.17) is 11.6 Å². The zero-order valence-corrected chi connectivity index (χ0v) is 13.9. The SMILES string of the molecule is CCC1(C(=O)O)CCN(C(=O)Nc2ccc(Br)cc2Cl)C1. The average molecular weight is 376 g/mol. The fourth-order valence-electron chi connectivity index (χ4n) is 2.45. The monoisotopic (exact) mass is 374 g/mol. The summed E-state index contributed by atoms with van der Waals surface area (Å²) in [4.78, 5) is 25.1. The maximum Gasteiger partial charge on any atom is 0.321 e. The van der Waals surface area contributed by atoms with E-state index in [1.807, 2.05) is 6.92 Å². The summed E-state index contributed by atoms with van der Waals surface area (Å²) in [5, 5.41) is 12.5. The predicted molar refractivity (Wildman–Crippen MR) is 84.7 cm³/mol. The number of likely N-dealkylation sites (tertiary alicyclic amines) is 1. The van der Waals surface area contributed by atoms with Crippen LogP contribution in [0.2, 0.25) is 5.02 Å². The van der Waals surface area contributed by atoms with Crippen LogP contribution in [0.4, 0.5) is 10.5 Å². The van der Waals surface area contributed by atoms with Crippen molar-refractivity contribution >= 4 is 45.2 Å². The van der Waals surface area contributed by atoms with Crippen molar-refractivity contribution in [1.82, 2.24) is 4.90 Å². The molecular weight excluding hydrogens is 360 g/mol. The van der Waals surface area contributed by atoms with Gasteiger partial charge in [0.25, 0.3) is 0 Å². The standard InChI is InChI=1S/C14H16BrClN2O3/c1-2-14(12(19)20)5-6-18(8-14)13(21)17-11-4-3-9(15)7-10(11)16/h3-4,7H,2,5-6,8H2,1H3,(H,17,21)(H,19,20). The number of rotatable bonds is 3. The Hall–Kier alpha value is -1.27. The number of carbonyl (C=O) groups excluding carboxylic acids is 1. The molecular formula is C14H16BrClN2O3. The Morgan fingerprint density at radius 2 is 2.24 bits per heavy atom. The molecule has 7 heteroatoms. The number of urea groups is 1. The largest absolute Gasteiger partial charge is 0.481 e. The summed E-state index contributed by atoms with van der Waals surface area (Å²) >= 11 is 9.35. The highest BCUT2D eigenvalue weighted by atomic mass is 79.9. The van der Waals surface area contributed by atoms with Crippen LogP contribution in [0.5, 0.6) is 0 Å². The van der Waals surface area contributed by atoms with Crippen molar-refractivity contribution in [1.29, 1.82) is 0 Å². The highest BCUT2D eigenvalue weighted by Crippen LogP contribution is 2.35. The minimum Gasteiger partial charge on any atom is -0.481 e. The lowest BCUT2D eigenvalue weighted by atomic mass is 9.84. The molecule has 1 unspecified atom stereocenters. The lowest BCUT2D eigenvalue weighted by Gasteiger charge is -2.23. The fourth-order valence-corrected chi connectivity index (χ4v) is 3.17. The van der Waals surface area contributed by atoms with Gasteiger partial charge in [-0.3, -0.25) is 4.79 Å². The van der Waals surface area contributed by atoms with Gasteiger partial charge in [0.1, 0.15) is 0 Å². The van der Waals surface area contributed by atoms with Crippen LogP contribution in [-0.4, -0.2) is 35.1 Å². The Morgan fingerprint density at radius 3 is 2.76 bits per heavy atom. The van der Waals surface area contributed by atoms with Gasteiger partial charge in [0.2, 0.25) is 0 Å². The van der Waals surface area contributed by atoms with E-state index < -0.39 is 11.4 Å². The number of nitrogens with one attached hydrogen (secondary N) is 1. The maximum atomic E-state index is 12.2. The number of carbonyl (C=O) groups is 2. The minimum absolute atomic E-state index is 0.221. The normalized spacial score (nSPS) is 21.4. The van der Waals surface area contributed by atoms with Crippen LogP contribution in [0, 0.1) is 5.41 Å². The molecule has 2 rings (SSSR count). The Morgan fingerprint density at radius 1 is 1.52 bits per heavy atom. The first-order chi connectivity index (χ1) is 9.88. The number of aliphatic carboxylic acids is 1. The number of amides is 2. The summed E-state index contributed by atoms with van der Waals surface area (Å²) in [7, 11) is 0. The minimum atomic E-state index is -0.845. The molecule has 0 spiro atoms. The van der Waals surface area contributed by atoms with Gasteiger partial charge in [-0.2, -0.15) is 0 Å². The van der Waals surface area contributed by atoms with Crippen molar-refractivity contribution in [2.45, 2.75) is 19.8 Å². The number of anilines is 1. The number of halogens is 2. The molecule has 0 saturated carbocycles. The molecule has 0 radical (unpaired) electrons. The maximum absolute atomic E-state index is 12.2. The van der Waals surface area contributed by atoms with E-state index in [-0.39, 0.29) is 12.6 Å². The van der Waals surface area contributed by atoms with E-state index in [1.54, 1.807) is 18.2 Å². The Kier molecular flexibility index (Phi) is 4.78. The molecule has 1 saturated heterocycles. The number of benzene rings is 1. The molecule has 5 nitrogen and oxygen atoms in total. The van der Waals surface area contributed by atoms with E-state index in [1.165, 1.54) is 4.90 Å². The number of nitrogens with zero attached hydrogens (tertiary/aromatic N) is 1. The molecule has 1 heterocycles. The van der Waals surface area contributed by atoms with Crippen molar-refractivity contribution in [2.75, 3.05) is 18.4 Å². The van der Waals surface area contributed by atoms with Crippen molar-refractivity contribution in [2.24, 2.45) is 5.41 Å². The molecule has 1 aromatic rings. The molecule has 1 aliphatic rings. The average Bonchev–Trinajstić information content (AvgIpc) is 2.88. The summed E-state index contributed by atoms with van der Waals surface area (Å²) < 4.78 is 0.822. The summed E-state index contributed by atoms with van der Waals surface area (Å²) in [6.07, 6.45) is 0.978. The number of carboxylic acid groups (broad SMARTS) is 1. The Balaban J connectivity index is 2.07. The van der Waals surface area contributed by atoms with Gasteiger partial charge in [-0.25, -0.2) is 4.79 Å². The molecule has 21 heavy (non-hydrogen) atoms. The van der Waals surface area contributed by atoms with Gasteiger partial charge in [0.15, 0.2) is 0 Å². The number of hydrogen-bond donors (Lipinski definition) is 2. The van der Waals surface area contributed by atoms with Crippen LogP contribution in [-0.2, 0) is 4.79 Å². The first kappa shape index (κ1) is 16.1. The lowest BCUT2D eigenvalue weighted by Crippen LogP contribution is -2.38. The van der Waals surface area contributed by atoms with E-state index >= 15 is 0 Å². The molecule has 1 fully saturated rings. The second-order valence-electron chi connectivity index (χ2n) is 5.16. The molecule has 1 aromatic carbocycles. The van der Waals surface area contributed by atoms with E-state index in [0.29, 0.717) is 30.1 Å². The molecule has 2 N–H and O–H groups in total. The molecule has 1 atom stereocenters. The zero-order valence-electron chi connectivity index (χ0n) is 11.5. The van der Waals surface area contributed by atoms with Gasteiger partial charge in [0.05, 0.1) is 16.1 Å². The van der Waals surface area contributed by atoms with Crippen molar-refractivity contribution < 1.29 is 14.7 Å². The van der Waals surface area contributed by atoms with Crippen LogP contribution in [0.25, 0.3) is 0 Å². The van der Waals surface area contributed by atoms with Crippen LogP contribution in [0.3, 0.4) is 0 Å². The summed E-state index contributed by atoms with van der Waals surface area (Å²) in [6, 6.07) is 4.84. The topological polar surface area (TPSA) is 69.6 Å². The van der Waals surface area contributed by atoms with E-state index in [2.05, 4.69) is 21.2 Å². The quantitative estimate of drug-likeness (QED) is 0.844. The third kappa shape index (κ3) is 3.32. The molecule has 1 aliphatic heterocycles. The molecule has 114 valence electrons. The van der Waals surface area contributed by atoms with Gasteiger partial charge in [0, 0.05) is 17.6 Å². The smallest absolute Gasteiger partial charge is 0.321 e. The van der Waals surface area contributed by atoms with Gasteiger partial charge < -0.3 is 15.3 Å². The second-order valence-corrected chi connectivity index (χ2v) is 6.49. The van der Waals surface area contributed by atoms with Crippen molar-refractivity contribution in [3.63, 3.8) is 0 Å². The summed E-state index contributed by atoms with van der Waals surface area (Å²) in [5.74, 6) is -0.845. The van der Waals surface area contributed by atoms with Gasteiger partial charge in [-0.1, -0.05) is 34.5 Å². The number of carboxylic acids is 1. The summed E-state index contributed by atoms with van der Waals surface area (Å²) in [6.45, 7) is 2.49. The van der Waals surface area contributed by atoms with Crippen LogP contribution in [0.1, 0.15) is 19.8 Å². The molecule has 0 aliphatic carbocycles. The van der Waals surface area contributed by atoms with Gasteiger partial charge in [-0.15, -0.1) is 0 Å². The van der Waals surface area contributed by atoms with Gasteiger partial charge >= 0.3 is 12.0 Å². The summed E-state index contributed by atoms with van der Waals surface area (Å²) in [5.41, 5.74) is -0.324. The highest BCUT2D eigenvalue weighted by molar-refractivity contribution is 9.10. The Bertz CT molecular complexity index is 581. The molecule has 0 aromatic heterocycles. The molecule has 0 bridgehead atoms. The lowest BCUT2D eigenvalue weighted by molar-refractivity contribution is -0.148. The van der Waals surface area contributed by atoms with Crippen LogP contribution < -0.4 is 5.32 Å². The zero-order chi connectivity index (χ0) is 15.6. The second kappa shape index (κ2) is 6.23. The molecule has 2 amide bonds. The third-order valence-corrected chi connectivity index (χ3v) is 4.75. The number of hydrogen-bond acceptors (Lipinski definition) is 2. The van der Waals surface area contributed by atoms with Crippen LogP contribution >= 0.6 is 27.5 Å². The highest BCUT2D eigenvalue weighted by Gasteiger charge is 2.44. The fraction of sp³-hybridized carbons (Fsp3) is 0.429. The van der Waals surface area contributed by atoms with Crippen molar-refractivity contribution in [3.8, 4) is 0 Å². The Labute approximate surface area is 136 Å². The predicted octanol–water partition coefficient (Wildman–Crippen LogP) is 3.82. The van der Waals surface area contributed by atoms with E-state index in [0.717, 1.165) is 4.47 Å². The third-order valence-electron chi connectivity index (χ3n) is 3.94.